The van der Waals surface area contributed by atoms with Gasteiger partial charge in [-0.15, -0.1) is 0 Å². The van der Waals surface area contributed by atoms with Crippen LogP contribution in [-0.4, -0.2) is 12.6 Å². The van der Waals surface area contributed by atoms with Crippen LogP contribution in [0.2, 0.25) is 0 Å². The molecule has 0 aliphatic heterocycles. The van der Waals surface area contributed by atoms with Crippen LogP contribution in [0.3, 0.4) is 0 Å². The summed E-state index contributed by atoms with van der Waals surface area (Å²) < 4.78 is 0. The molecular weight excluding hydrogens is 226 g/mol. The van der Waals surface area contributed by atoms with Crippen LogP contribution in [0.5, 0.6) is 0 Å². The first kappa shape index (κ1) is 13.1. The third-order valence-corrected chi connectivity index (χ3v) is 4.74. The quantitative estimate of drug-likeness (QED) is 0.772. The van der Waals surface area contributed by atoms with E-state index in [9.17, 15) is 0 Å². The van der Waals surface area contributed by atoms with Gasteiger partial charge in [-0.2, -0.15) is 11.3 Å². The Morgan fingerprint density at radius 3 is 2.94 bits per heavy atom. The van der Waals surface area contributed by atoms with E-state index in [1.807, 2.05) is 11.3 Å². The molecule has 2 heteroatoms. The maximum atomic E-state index is 3.71. The van der Waals surface area contributed by atoms with Crippen molar-refractivity contribution in [3.8, 4) is 0 Å². The van der Waals surface area contributed by atoms with Crippen LogP contribution in [0.1, 0.15) is 51.0 Å². The molecule has 1 fully saturated rings. The van der Waals surface area contributed by atoms with Gasteiger partial charge in [-0.25, -0.2) is 0 Å². The van der Waals surface area contributed by atoms with Gasteiger partial charge in [0, 0.05) is 6.04 Å². The third-order valence-electron chi connectivity index (χ3n) is 4.01. The zero-order valence-electron chi connectivity index (χ0n) is 11.0. The van der Waals surface area contributed by atoms with Crippen LogP contribution in [0.15, 0.2) is 16.8 Å². The molecule has 0 saturated heterocycles. The maximum absolute atomic E-state index is 3.71. The van der Waals surface area contributed by atoms with Crippen molar-refractivity contribution in [2.24, 2.45) is 5.92 Å². The van der Waals surface area contributed by atoms with Crippen molar-refractivity contribution in [1.29, 1.82) is 0 Å². The van der Waals surface area contributed by atoms with Crippen LogP contribution >= 0.6 is 11.3 Å². The molecule has 0 bridgehead atoms. The van der Waals surface area contributed by atoms with Crippen LogP contribution in [0.4, 0.5) is 0 Å². The van der Waals surface area contributed by atoms with Crippen molar-refractivity contribution in [2.45, 2.75) is 57.9 Å². The predicted octanol–water partition coefficient (Wildman–Crippen LogP) is 4.24. The summed E-state index contributed by atoms with van der Waals surface area (Å²) in [4.78, 5) is 0. The largest absolute Gasteiger partial charge is 0.314 e. The molecule has 1 heterocycles. The SMILES string of the molecule is CCNC1CCCCCC1CCc1ccsc1. The minimum atomic E-state index is 0.779. The third kappa shape index (κ3) is 4.11. The number of hydrogen-bond acceptors (Lipinski definition) is 2. The van der Waals surface area contributed by atoms with E-state index < -0.39 is 0 Å². The predicted molar refractivity (Wildman–Crippen MR) is 76.7 cm³/mol. The smallest absolute Gasteiger partial charge is 0.00953 e. The van der Waals surface area contributed by atoms with E-state index in [0.29, 0.717) is 0 Å². The Morgan fingerprint density at radius 2 is 2.18 bits per heavy atom. The van der Waals surface area contributed by atoms with Gasteiger partial charge in [-0.3, -0.25) is 0 Å². The summed E-state index contributed by atoms with van der Waals surface area (Å²) in [5.41, 5.74) is 1.54. The van der Waals surface area contributed by atoms with E-state index in [1.54, 1.807) is 0 Å². The summed E-state index contributed by atoms with van der Waals surface area (Å²) in [5.74, 6) is 0.900. The lowest BCUT2D eigenvalue weighted by Crippen LogP contribution is -2.35. The minimum absolute atomic E-state index is 0.779. The molecule has 1 saturated carbocycles. The minimum Gasteiger partial charge on any atom is -0.314 e. The zero-order chi connectivity index (χ0) is 11.9. The highest BCUT2D eigenvalue weighted by molar-refractivity contribution is 7.07. The van der Waals surface area contributed by atoms with Gasteiger partial charge >= 0.3 is 0 Å². The molecule has 1 aliphatic rings. The molecule has 1 aromatic heterocycles. The van der Waals surface area contributed by atoms with Crippen molar-refractivity contribution in [1.82, 2.24) is 5.32 Å². The van der Waals surface area contributed by atoms with E-state index in [0.717, 1.165) is 18.5 Å². The fourth-order valence-corrected chi connectivity index (χ4v) is 3.75. The molecule has 2 rings (SSSR count). The molecule has 2 atom stereocenters. The molecule has 96 valence electrons. The second kappa shape index (κ2) is 7.17. The van der Waals surface area contributed by atoms with Crippen molar-refractivity contribution in [2.75, 3.05) is 6.54 Å². The number of nitrogens with one attached hydrogen (secondary N) is 1. The first-order valence-electron chi connectivity index (χ1n) is 7.14. The van der Waals surface area contributed by atoms with Crippen LogP contribution < -0.4 is 5.32 Å². The Balaban J connectivity index is 1.86. The Bertz CT molecular complexity index is 294. The number of hydrogen-bond donors (Lipinski definition) is 1. The van der Waals surface area contributed by atoms with E-state index in [-0.39, 0.29) is 0 Å². The summed E-state index contributed by atoms with van der Waals surface area (Å²) in [7, 11) is 0. The molecule has 1 aromatic rings. The highest BCUT2D eigenvalue weighted by atomic mass is 32.1. The highest BCUT2D eigenvalue weighted by Crippen LogP contribution is 2.27. The summed E-state index contributed by atoms with van der Waals surface area (Å²) in [6.07, 6.45) is 9.77. The lowest BCUT2D eigenvalue weighted by Gasteiger charge is -2.25. The van der Waals surface area contributed by atoms with E-state index >= 15 is 0 Å². The Hall–Kier alpha value is -0.340. The maximum Gasteiger partial charge on any atom is 0.00953 e. The normalized spacial score (nSPS) is 25.7. The van der Waals surface area contributed by atoms with Crippen LogP contribution in [0, 0.1) is 5.92 Å². The molecule has 1 aliphatic carbocycles. The van der Waals surface area contributed by atoms with Crippen LogP contribution in [0.25, 0.3) is 0 Å². The second-order valence-corrected chi connectivity index (χ2v) is 6.01. The van der Waals surface area contributed by atoms with E-state index in [1.165, 1.54) is 50.5 Å². The topological polar surface area (TPSA) is 12.0 Å². The van der Waals surface area contributed by atoms with Crippen molar-refractivity contribution in [3.05, 3.63) is 22.4 Å². The Labute approximate surface area is 110 Å². The lowest BCUT2D eigenvalue weighted by atomic mass is 9.89. The van der Waals surface area contributed by atoms with Gasteiger partial charge in [0.15, 0.2) is 0 Å². The molecule has 1 nitrogen and oxygen atoms in total. The fraction of sp³-hybridized carbons (Fsp3) is 0.733. The van der Waals surface area contributed by atoms with E-state index in [4.69, 9.17) is 0 Å². The standard InChI is InChI=1S/C15H25NS/c1-2-16-15-7-5-3-4-6-14(15)9-8-13-10-11-17-12-13/h10-12,14-16H,2-9H2,1H3. The van der Waals surface area contributed by atoms with Gasteiger partial charge in [0.1, 0.15) is 0 Å². The summed E-state index contributed by atoms with van der Waals surface area (Å²) in [6.45, 7) is 3.36. The van der Waals surface area contributed by atoms with Crippen molar-refractivity contribution >= 4 is 11.3 Å². The summed E-state index contributed by atoms with van der Waals surface area (Å²) in [6, 6.07) is 3.06. The molecule has 17 heavy (non-hydrogen) atoms. The molecule has 0 aromatic carbocycles. The average molecular weight is 251 g/mol. The zero-order valence-corrected chi connectivity index (χ0v) is 11.8. The fourth-order valence-electron chi connectivity index (χ4n) is 3.05. The molecule has 0 amide bonds. The van der Waals surface area contributed by atoms with Gasteiger partial charge < -0.3 is 5.32 Å². The lowest BCUT2D eigenvalue weighted by molar-refractivity contribution is 0.321. The second-order valence-electron chi connectivity index (χ2n) is 5.23. The average Bonchev–Trinajstić information content (AvgIpc) is 2.76. The summed E-state index contributed by atoms with van der Waals surface area (Å²) >= 11 is 1.83. The van der Waals surface area contributed by atoms with E-state index in [2.05, 4.69) is 29.1 Å². The van der Waals surface area contributed by atoms with Gasteiger partial charge in [0.25, 0.3) is 0 Å². The molecular formula is C15H25NS. The summed E-state index contributed by atoms with van der Waals surface area (Å²) in [5, 5.41) is 8.21. The molecule has 0 radical (unpaired) electrons. The van der Waals surface area contributed by atoms with Gasteiger partial charge in [-0.05, 0) is 60.5 Å². The first-order chi connectivity index (χ1) is 8.40. The molecule has 2 unspecified atom stereocenters. The Kier molecular flexibility index (Phi) is 5.53. The van der Waals surface area contributed by atoms with Gasteiger partial charge in [-0.1, -0.05) is 26.2 Å². The monoisotopic (exact) mass is 251 g/mol. The van der Waals surface area contributed by atoms with Gasteiger partial charge in [0.2, 0.25) is 0 Å². The van der Waals surface area contributed by atoms with Crippen molar-refractivity contribution < 1.29 is 0 Å². The first-order valence-corrected chi connectivity index (χ1v) is 8.09. The molecule has 1 N–H and O–H groups in total. The molecule has 0 spiro atoms. The Morgan fingerprint density at radius 1 is 1.29 bits per heavy atom. The van der Waals surface area contributed by atoms with Crippen molar-refractivity contribution in [3.63, 3.8) is 0 Å². The van der Waals surface area contributed by atoms with Crippen LogP contribution in [-0.2, 0) is 6.42 Å². The number of thiophene rings is 1. The highest BCUT2D eigenvalue weighted by Gasteiger charge is 2.22. The number of rotatable bonds is 5. The number of aryl methyl sites for hydroxylation is 1. The van der Waals surface area contributed by atoms with Gasteiger partial charge in [0.05, 0.1) is 0 Å².